The molecule has 0 N–H and O–H groups in total. The Morgan fingerprint density at radius 1 is 1.50 bits per heavy atom. The zero-order chi connectivity index (χ0) is 8.97. The summed E-state index contributed by atoms with van der Waals surface area (Å²) in [6.07, 6.45) is 0. The van der Waals surface area contributed by atoms with Crippen LogP contribution < -0.4 is 0 Å². The number of rotatable bonds is 3. The summed E-state index contributed by atoms with van der Waals surface area (Å²) in [4.78, 5) is 11.4. The SMILES string of the molecule is COCC(=O)C1SCCSC1C. The largest absolute Gasteiger partial charge is 0.377 e. The van der Waals surface area contributed by atoms with Gasteiger partial charge in [0.2, 0.25) is 0 Å². The molecule has 0 aromatic heterocycles. The minimum atomic E-state index is 0.156. The van der Waals surface area contributed by atoms with Gasteiger partial charge in [0, 0.05) is 23.9 Å². The van der Waals surface area contributed by atoms with Gasteiger partial charge in [-0.1, -0.05) is 6.92 Å². The van der Waals surface area contributed by atoms with Crippen molar-refractivity contribution in [2.45, 2.75) is 17.4 Å². The molecule has 4 heteroatoms. The Balaban J connectivity index is 2.42. The molecule has 0 bridgehead atoms. The zero-order valence-corrected chi connectivity index (χ0v) is 9.04. The summed E-state index contributed by atoms with van der Waals surface area (Å²) in [5, 5.41) is 0.607. The number of hydrogen-bond acceptors (Lipinski definition) is 4. The predicted molar refractivity (Wildman–Crippen MR) is 55.0 cm³/mol. The van der Waals surface area contributed by atoms with Crippen molar-refractivity contribution in [2.75, 3.05) is 25.2 Å². The summed E-state index contributed by atoms with van der Waals surface area (Å²) < 4.78 is 4.83. The molecule has 0 aromatic carbocycles. The van der Waals surface area contributed by atoms with Crippen molar-refractivity contribution in [1.29, 1.82) is 0 Å². The lowest BCUT2D eigenvalue weighted by atomic mass is 10.2. The van der Waals surface area contributed by atoms with Crippen molar-refractivity contribution in [3.8, 4) is 0 Å². The predicted octanol–water partition coefficient (Wildman–Crippen LogP) is 1.44. The van der Waals surface area contributed by atoms with Crippen molar-refractivity contribution < 1.29 is 9.53 Å². The zero-order valence-electron chi connectivity index (χ0n) is 7.41. The second-order valence-electron chi connectivity index (χ2n) is 2.77. The molecule has 2 unspecified atom stereocenters. The Labute approximate surface area is 81.8 Å². The maximum atomic E-state index is 11.4. The molecule has 0 aliphatic carbocycles. The Bertz CT molecular complexity index is 161. The summed E-state index contributed by atoms with van der Waals surface area (Å²) in [5.74, 6) is 2.50. The maximum Gasteiger partial charge on any atom is 0.172 e. The Morgan fingerprint density at radius 3 is 2.75 bits per heavy atom. The lowest BCUT2D eigenvalue weighted by Gasteiger charge is -2.26. The molecule has 1 aliphatic heterocycles. The van der Waals surface area contributed by atoms with E-state index in [1.165, 1.54) is 5.75 Å². The van der Waals surface area contributed by atoms with E-state index in [0.717, 1.165) is 5.75 Å². The standard InChI is InChI=1S/C8H14O2S2/c1-6-8(7(9)5-10-2)12-4-3-11-6/h6,8H,3-5H2,1-2H3. The average Bonchev–Trinajstić information content (AvgIpc) is 2.05. The van der Waals surface area contributed by atoms with Gasteiger partial charge in [0.1, 0.15) is 6.61 Å². The Hall–Kier alpha value is 0.330. The van der Waals surface area contributed by atoms with E-state index >= 15 is 0 Å². The van der Waals surface area contributed by atoms with Crippen LogP contribution in [0.3, 0.4) is 0 Å². The molecule has 2 atom stereocenters. The molecule has 0 radical (unpaired) electrons. The highest BCUT2D eigenvalue weighted by Gasteiger charge is 2.28. The highest BCUT2D eigenvalue weighted by atomic mass is 32.2. The first-order valence-corrected chi connectivity index (χ1v) is 6.10. The molecule has 0 saturated carbocycles. The van der Waals surface area contributed by atoms with Gasteiger partial charge in [-0.15, -0.1) is 11.8 Å². The van der Waals surface area contributed by atoms with Crippen LogP contribution in [-0.2, 0) is 9.53 Å². The molecule has 0 amide bonds. The number of carbonyl (C=O) groups excluding carboxylic acids is 1. The summed E-state index contributed by atoms with van der Waals surface area (Å²) in [6, 6.07) is 0. The van der Waals surface area contributed by atoms with E-state index in [0.29, 0.717) is 5.25 Å². The molecule has 0 spiro atoms. The second kappa shape index (κ2) is 5.14. The molecule has 1 heterocycles. The van der Waals surface area contributed by atoms with Crippen LogP contribution in [0.2, 0.25) is 0 Å². The molecule has 1 aliphatic rings. The summed E-state index contributed by atoms with van der Waals surface area (Å²) in [6.45, 7) is 2.39. The summed E-state index contributed by atoms with van der Waals surface area (Å²) in [7, 11) is 1.57. The van der Waals surface area contributed by atoms with E-state index in [1.807, 2.05) is 11.8 Å². The van der Waals surface area contributed by atoms with E-state index in [2.05, 4.69) is 6.92 Å². The van der Waals surface area contributed by atoms with Gasteiger partial charge in [-0.05, 0) is 0 Å². The van der Waals surface area contributed by atoms with E-state index in [4.69, 9.17) is 4.74 Å². The van der Waals surface area contributed by atoms with Crippen molar-refractivity contribution in [3.05, 3.63) is 0 Å². The smallest absolute Gasteiger partial charge is 0.172 e. The second-order valence-corrected chi connectivity index (χ2v) is 5.50. The van der Waals surface area contributed by atoms with Crippen molar-refractivity contribution in [3.63, 3.8) is 0 Å². The van der Waals surface area contributed by atoms with Gasteiger partial charge in [0.15, 0.2) is 5.78 Å². The number of ketones is 1. The monoisotopic (exact) mass is 206 g/mol. The van der Waals surface area contributed by atoms with Gasteiger partial charge < -0.3 is 4.74 Å². The van der Waals surface area contributed by atoms with E-state index in [9.17, 15) is 4.79 Å². The van der Waals surface area contributed by atoms with Crippen molar-refractivity contribution in [2.24, 2.45) is 0 Å². The van der Waals surface area contributed by atoms with E-state index in [1.54, 1.807) is 18.9 Å². The fraction of sp³-hybridized carbons (Fsp3) is 0.875. The van der Waals surface area contributed by atoms with Crippen LogP contribution in [0.15, 0.2) is 0 Å². The number of thioether (sulfide) groups is 2. The Morgan fingerprint density at radius 2 is 2.17 bits per heavy atom. The number of carbonyl (C=O) groups is 1. The lowest BCUT2D eigenvalue weighted by Crippen LogP contribution is -2.33. The molecule has 70 valence electrons. The summed E-state index contributed by atoms with van der Waals surface area (Å²) >= 11 is 3.65. The van der Waals surface area contributed by atoms with Gasteiger partial charge in [-0.25, -0.2) is 0 Å². The van der Waals surface area contributed by atoms with Gasteiger partial charge in [0.05, 0.1) is 5.25 Å². The first-order chi connectivity index (χ1) is 5.75. The molecule has 1 saturated heterocycles. The van der Waals surface area contributed by atoms with Gasteiger partial charge in [0.25, 0.3) is 0 Å². The van der Waals surface area contributed by atoms with Crippen LogP contribution in [0.1, 0.15) is 6.92 Å². The van der Waals surface area contributed by atoms with Crippen LogP contribution in [0.4, 0.5) is 0 Å². The Kier molecular flexibility index (Phi) is 4.46. The molecule has 12 heavy (non-hydrogen) atoms. The third kappa shape index (κ3) is 2.68. The molecular weight excluding hydrogens is 192 g/mol. The summed E-state index contributed by atoms with van der Waals surface area (Å²) in [5.41, 5.74) is 0. The van der Waals surface area contributed by atoms with Gasteiger partial charge >= 0.3 is 0 Å². The minimum Gasteiger partial charge on any atom is -0.377 e. The van der Waals surface area contributed by atoms with Gasteiger partial charge in [-0.2, -0.15) is 11.8 Å². The first-order valence-electron chi connectivity index (χ1n) is 4.00. The third-order valence-corrected chi connectivity index (χ3v) is 4.93. The van der Waals surface area contributed by atoms with E-state index < -0.39 is 0 Å². The van der Waals surface area contributed by atoms with Crippen molar-refractivity contribution in [1.82, 2.24) is 0 Å². The quantitative estimate of drug-likeness (QED) is 0.698. The molecular formula is C8H14O2S2. The van der Waals surface area contributed by atoms with Crippen LogP contribution >= 0.6 is 23.5 Å². The maximum absolute atomic E-state index is 11.4. The normalized spacial score (nSPS) is 30.2. The van der Waals surface area contributed by atoms with E-state index in [-0.39, 0.29) is 17.6 Å². The fourth-order valence-corrected chi connectivity index (χ4v) is 3.93. The average molecular weight is 206 g/mol. The number of hydrogen-bond donors (Lipinski definition) is 0. The van der Waals surface area contributed by atoms with Crippen LogP contribution in [-0.4, -0.2) is 41.5 Å². The third-order valence-electron chi connectivity index (χ3n) is 1.79. The highest BCUT2D eigenvalue weighted by Crippen LogP contribution is 2.31. The minimum absolute atomic E-state index is 0.156. The number of ether oxygens (including phenoxy) is 1. The topological polar surface area (TPSA) is 26.3 Å². The van der Waals surface area contributed by atoms with Crippen LogP contribution in [0, 0.1) is 0 Å². The fourth-order valence-electron chi connectivity index (χ4n) is 1.21. The molecule has 2 nitrogen and oxygen atoms in total. The highest BCUT2D eigenvalue weighted by molar-refractivity contribution is 8.07. The molecule has 1 fully saturated rings. The van der Waals surface area contributed by atoms with Gasteiger partial charge in [-0.3, -0.25) is 4.79 Å². The van der Waals surface area contributed by atoms with Crippen LogP contribution in [0.5, 0.6) is 0 Å². The lowest BCUT2D eigenvalue weighted by molar-refractivity contribution is -0.122. The molecule has 0 aromatic rings. The molecule has 1 rings (SSSR count). The number of methoxy groups -OCH3 is 1. The first kappa shape index (κ1) is 10.4. The number of Topliss-reactive ketones (excluding diaryl/α,β-unsaturated/α-hetero) is 1. The van der Waals surface area contributed by atoms with Crippen molar-refractivity contribution >= 4 is 29.3 Å². The van der Waals surface area contributed by atoms with Crippen LogP contribution in [0.25, 0.3) is 0 Å².